The molecule has 2 unspecified atom stereocenters. The van der Waals surface area contributed by atoms with E-state index in [1.165, 1.54) is 0 Å². The highest BCUT2D eigenvalue weighted by Gasteiger charge is 2.30. The van der Waals surface area contributed by atoms with Crippen molar-refractivity contribution in [2.45, 2.75) is 38.5 Å². The minimum absolute atomic E-state index is 0.130. The van der Waals surface area contributed by atoms with Crippen molar-refractivity contribution < 1.29 is 14.3 Å². The number of ether oxygens (including phenoxy) is 2. The Bertz CT molecular complexity index is 543. The Labute approximate surface area is 137 Å². The fourth-order valence-corrected chi connectivity index (χ4v) is 3.24. The van der Waals surface area contributed by atoms with Gasteiger partial charge in [0, 0.05) is 18.7 Å². The summed E-state index contributed by atoms with van der Waals surface area (Å²) in [6.07, 6.45) is 5.91. The van der Waals surface area contributed by atoms with Gasteiger partial charge in [0.1, 0.15) is 6.61 Å². The molecule has 0 saturated carbocycles. The largest absolute Gasteiger partial charge is 0.460 e. The van der Waals surface area contributed by atoms with Gasteiger partial charge >= 0.3 is 5.97 Å². The van der Waals surface area contributed by atoms with Gasteiger partial charge in [-0.2, -0.15) is 0 Å². The van der Waals surface area contributed by atoms with Gasteiger partial charge in [0.15, 0.2) is 0 Å². The van der Waals surface area contributed by atoms with Gasteiger partial charge in [-0.15, -0.1) is 0 Å². The molecule has 1 aliphatic carbocycles. The van der Waals surface area contributed by atoms with Crippen LogP contribution in [0.15, 0.2) is 42.5 Å². The summed E-state index contributed by atoms with van der Waals surface area (Å²) in [5.74, 6) is 0.252. The number of hydrogen-bond acceptors (Lipinski definition) is 4. The summed E-state index contributed by atoms with van der Waals surface area (Å²) >= 11 is 0. The molecule has 1 aromatic rings. The highest BCUT2D eigenvalue weighted by molar-refractivity contribution is 5.75. The Hall–Kier alpha value is -1.65. The Morgan fingerprint density at radius 2 is 2.13 bits per heavy atom. The highest BCUT2D eigenvalue weighted by atomic mass is 16.5. The van der Waals surface area contributed by atoms with Crippen LogP contribution in [0, 0.1) is 11.8 Å². The molecule has 0 amide bonds. The molecule has 4 heteroatoms. The van der Waals surface area contributed by atoms with Crippen LogP contribution in [0.1, 0.15) is 25.3 Å². The summed E-state index contributed by atoms with van der Waals surface area (Å²) in [5.41, 5.74) is 1.02. The monoisotopic (exact) mass is 315 g/mol. The van der Waals surface area contributed by atoms with Crippen molar-refractivity contribution in [2.75, 3.05) is 13.2 Å². The average molecular weight is 315 g/mol. The standard InChI is InChI=1S/C19H25NO3/c1-14-12-22-10-9-18(14)20-17-8-7-16(11-17)19(21)23-13-15-5-3-2-4-6-15/h2-8,14,16-18,20H,9-13H2,1H3/t14?,16-,17+,18?/m0/s1. The van der Waals surface area contributed by atoms with Crippen LogP contribution in [0.2, 0.25) is 0 Å². The van der Waals surface area contributed by atoms with Crippen LogP contribution >= 0.6 is 0 Å². The molecule has 1 aliphatic heterocycles. The van der Waals surface area contributed by atoms with Gasteiger partial charge in [0.2, 0.25) is 0 Å². The highest BCUT2D eigenvalue weighted by Crippen LogP contribution is 2.23. The van der Waals surface area contributed by atoms with E-state index in [2.05, 4.69) is 18.3 Å². The van der Waals surface area contributed by atoms with Crippen molar-refractivity contribution in [1.29, 1.82) is 0 Å². The van der Waals surface area contributed by atoms with Gasteiger partial charge < -0.3 is 14.8 Å². The molecule has 23 heavy (non-hydrogen) atoms. The third-order valence-electron chi connectivity index (χ3n) is 4.68. The third-order valence-corrected chi connectivity index (χ3v) is 4.68. The minimum Gasteiger partial charge on any atom is -0.460 e. The number of carbonyl (C=O) groups is 1. The molecule has 1 saturated heterocycles. The van der Waals surface area contributed by atoms with Crippen LogP contribution in [-0.2, 0) is 20.9 Å². The maximum atomic E-state index is 12.2. The van der Waals surface area contributed by atoms with E-state index < -0.39 is 0 Å². The van der Waals surface area contributed by atoms with E-state index in [1.54, 1.807) is 0 Å². The lowest BCUT2D eigenvalue weighted by atomic mass is 9.96. The minimum atomic E-state index is -0.133. The van der Waals surface area contributed by atoms with E-state index in [0.717, 1.165) is 31.6 Å². The van der Waals surface area contributed by atoms with Crippen LogP contribution in [0.3, 0.4) is 0 Å². The van der Waals surface area contributed by atoms with Crippen molar-refractivity contribution in [3.05, 3.63) is 48.0 Å². The number of esters is 1. The van der Waals surface area contributed by atoms with E-state index in [9.17, 15) is 4.79 Å². The first-order valence-corrected chi connectivity index (χ1v) is 8.45. The van der Waals surface area contributed by atoms with Crippen molar-refractivity contribution in [2.24, 2.45) is 11.8 Å². The zero-order valence-electron chi connectivity index (χ0n) is 13.6. The molecule has 124 valence electrons. The maximum absolute atomic E-state index is 12.2. The lowest BCUT2D eigenvalue weighted by Crippen LogP contribution is -2.45. The fraction of sp³-hybridized carbons (Fsp3) is 0.526. The Morgan fingerprint density at radius 3 is 2.91 bits per heavy atom. The fourth-order valence-electron chi connectivity index (χ4n) is 3.24. The first-order valence-electron chi connectivity index (χ1n) is 8.45. The Kier molecular flexibility index (Phi) is 5.47. The summed E-state index contributed by atoms with van der Waals surface area (Å²) in [7, 11) is 0. The van der Waals surface area contributed by atoms with E-state index in [0.29, 0.717) is 18.6 Å². The molecule has 1 fully saturated rings. The summed E-state index contributed by atoms with van der Waals surface area (Å²) in [4.78, 5) is 12.2. The van der Waals surface area contributed by atoms with Gasteiger partial charge in [-0.25, -0.2) is 0 Å². The van der Waals surface area contributed by atoms with Crippen LogP contribution < -0.4 is 5.32 Å². The van der Waals surface area contributed by atoms with Crippen LogP contribution in [0.25, 0.3) is 0 Å². The zero-order chi connectivity index (χ0) is 16.1. The SMILES string of the molecule is CC1COCCC1N[C@@H]1C=C[C@H](C(=O)OCc2ccccc2)C1. The molecule has 0 spiro atoms. The number of benzene rings is 1. The lowest BCUT2D eigenvalue weighted by Gasteiger charge is -2.31. The first-order chi connectivity index (χ1) is 11.2. The smallest absolute Gasteiger partial charge is 0.313 e. The maximum Gasteiger partial charge on any atom is 0.313 e. The molecule has 1 heterocycles. The van der Waals surface area contributed by atoms with Gasteiger partial charge in [-0.3, -0.25) is 4.79 Å². The van der Waals surface area contributed by atoms with Crippen molar-refractivity contribution in [3.8, 4) is 0 Å². The summed E-state index contributed by atoms with van der Waals surface area (Å²) in [6, 6.07) is 10.5. The van der Waals surface area contributed by atoms with Gasteiger partial charge in [0.05, 0.1) is 12.5 Å². The predicted octanol–water partition coefficient (Wildman–Crippen LogP) is 2.69. The van der Waals surface area contributed by atoms with Crippen LogP contribution in [0.4, 0.5) is 0 Å². The molecule has 4 nitrogen and oxygen atoms in total. The normalized spacial score (nSPS) is 30.3. The third kappa shape index (κ3) is 4.43. The molecule has 0 radical (unpaired) electrons. The molecule has 1 N–H and O–H groups in total. The van der Waals surface area contributed by atoms with E-state index >= 15 is 0 Å². The second-order valence-electron chi connectivity index (χ2n) is 6.54. The quantitative estimate of drug-likeness (QED) is 0.670. The number of rotatable bonds is 5. The predicted molar refractivity (Wildman–Crippen MR) is 88.8 cm³/mol. The number of nitrogens with one attached hydrogen (secondary N) is 1. The van der Waals surface area contributed by atoms with E-state index in [-0.39, 0.29) is 17.9 Å². The number of hydrogen-bond donors (Lipinski definition) is 1. The summed E-state index contributed by atoms with van der Waals surface area (Å²) in [5, 5.41) is 3.65. The van der Waals surface area contributed by atoms with Gasteiger partial charge in [-0.1, -0.05) is 49.4 Å². The topological polar surface area (TPSA) is 47.6 Å². The van der Waals surface area contributed by atoms with E-state index in [1.807, 2.05) is 36.4 Å². The van der Waals surface area contributed by atoms with Crippen LogP contribution in [-0.4, -0.2) is 31.3 Å². The Balaban J connectivity index is 1.44. The zero-order valence-corrected chi connectivity index (χ0v) is 13.6. The van der Waals surface area contributed by atoms with E-state index in [4.69, 9.17) is 9.47 Å². The Morgan fingerprint density at radius 1 is 1.30 bits per heavy atom. The molecule has 4 atom stereocenters. The van der Waals surface area contributed by atoms with Crippen molar-refractivity contribution in [3.63, 3.8) is 0 Å². The first kappa shape index (κ1) is 16.2. The second-order valence-corrected chi connectivity index (χ2v) is 6.54. The average Bonchev–Trinajstić information content (AvgIpc) is 3.04. The lowest BCUT2D eigenvalue weighted by molar-refractivity contribution is -0.148. The van der Waals surface area contributed by atoms with Gasteiger partial charge in [-0.05, 0) is 24.3 Å². The molecule has 3 rings (SSSR count). The van der Waals surface area contributed by atoms with Crippen LogP contribution in [0.5, 0.6) is 0 Å². The molecular weight excluding hydrogens is 290 g/mol. The van der Waals surface area contributed by atoms with Crippen molar-refractivity contribution >= 4 is 5.97 Å². The van der Waals surface area contributed by atoms with Gasteiger partial charge in [0.25, 0.3) is 0 Å². The number of carbonyl (C=O) groups excluding carboxylic acids is 1. The van der Waals surface area contributed by atoms with Crippen molar-refractivity contribution in [1.82, 2.24) is 5.32 Å². The molecule has 0 aromatic heterocycles. The summed E-state index contributed by atoms with van der Waals surface area (Å²) in [6.45, 7) is 4.19. The molecule has 2 aliphatic rings. The molecule has 0 bridgehead atoms. The summed E-state index contributed by atoms with van der Waals surface area (Å²) < 4.78 is 10.9. The molecule has 1 aromatic carbocycles. The second kappa shape index (κ2) is 7.75. The molecular formula is C19H25NO3.